The molecular weight excluding hydrogens is 296 g/mol. The molecule has 0 aromatic heterocycles. The summed E-state index contributed by atoms with van der Waals surface area (Å²) in [5, 5.41) is 10.5. The summed E-state index contributed by atoms with van der Waals surface area (Å²) in [6, 6.07) is 4.47. The largest absolute Gasteiger partial charge is 0.465 e. The van der Waals surface area contributed by atoms with Crippen molar-refractivity contribution < 1.29 is 18.7 Å². The van der Waals surface area contributed by atoms with Crippen LogP contribution in [0.3, 0.4) is 0 Å². The summed E-state index contributed by atoms with van der Waals surface area (Å²) in [5.41, 5.74) is -0.0937. The standard InChI is InChI=1S/C13H16N2O5S/c1-3-5-12(13(16)20-4-2)14-21(19)11-8-6-10(7-9-11)15(17)18/h3,6-9,12,14H,1,4-5H2,2H3/t12-,21?/m0/s1. The van der Waals surface area contributed by atoms with Gasteiger partial charge in [-0.1, -0.05) is 6.08 Å². The number of non-ortho nitro benzene ring substituents is 1. The molecule has 0 heterocycles. The van der Waals surface area contributed by atoms with Crippen molar-refractivity contribution in [3.8, 4) is 0 Å². The van der Waals surface area contributed by atoms with Crippen molar-refractivity contribution in [3.05, 3.63) is 47.0 Å². The number of rotatable bonds is 8. The summed E-state index contributed by atoms with van der Waals surface area (Å²) < 4.78 is 19.6. The van der Waals surface area contributed by atoms with Crippen LogP contribution in [0.4, 0.5) is 5.69 Å². The molecule has 1 N–H and O–H groups in total. The maximum absolute atomic E-state index is 12.1. The Kier molecular flexibility index (Phi) is 6.70. The normalized spacial score (nSPS) is 13.2. The minimum atomic E-state index is -1.68. The quantitative estimate of drug-likeness (QED) is 0.341. The van der Waals surface area contributed by atoms with Gasteiger partial charge in [0.2, 0.25) is 0 Å². The van der Waals surface area contributed by atoms with Crippen molar-refractivity contribution in [1.82, 2.24) is 4.72 Å². The number of nitro benzene ring substituents is 1. The van der Waals surface area contributed by atoms with Crippen LogP contribution in [0.2, 0.25) is 0 Å². The van der Waals surface area contributed by atoms with E-state index in [4.69, 9.17) is 4.74 Å². The number of benzene rings is 1. The number of esters is 1. The van der Waals surface area contributed by atoms with Crippen LogP contribution in [0, 0.1) is 10.1 Å². The third kappa shape index (κ3) is 5.09. The molecule has 1 aromatic carbocycles. The van der Waals surface area contributed by atoms with Crippen LogP contribution in [0.1, 0.15) is 13.3 Å². The number of nitrogens with zero attached hydrogens (tertiary/aromatic N) is 1. The molecule has 0 radical (unpaired) electrons. The molecule has 1 unspecified atom stereocenters. The van der Waals surface area contributed by atoms with Crippen LogP contribution in [0.15, 0.2) is 41.8 Å². The predicted octanol–water partition coefficient (Wildman–Crippen LogP) is 1.71. The predicted molar refractivity (Wildman–Crippen MR) is 77.9 cm³/mol. The van der Waals surface area contributed by atoms with Gasteiger partial charge >= 0.3 is 5.97 Å². The van der Waals surface area contributed by atoms with Gasteiger partial charge in [-0.2, -0.15) is 0 Å². The number of carbonyl (C=O) groups excluding carboxylic acids is 1. The monoisotopic (exact) mass is 312 g/mol. The Morgan fingerprint density at radius 2 is 2.14 bits per heavy atom. The lowest BCUT2D eigenvalue weighted by atomic mass is 10.2. The average Bonchev–Trinajstić information content (AvgIpc) is 2.47. The van der Waals surface area contributed by atoms with Crippen molar-refractivity contribution in [2.75, 3.05) is 6.61 Å². The minimum absolute atomic E-state index is 0.0937. The third-order valence-electron chi connectivity index (χ3n) is 2.48. The van der Waals surface area contributed by atoms with Crippen molar-refractivity contribution in [2.24, 2.45) is 0 Å². The van der Waals surface area contributed by atoms with Gasteiger partial charge in [-0.25, -0.2) is 8.93 Å². The Bertz CT molecular complexity index is 544. The Morgan fingerprint density at radius 1 is 1.52 bits per heavy atom. The van der Waals surface area contributed by atoms with Gasteiger partial charge in [-0.3, -0.25) is 14.9 Å². The third-order valence-corrected chi connectivity index (χ3v) is 3.68. The number of nitrogens with one attached hydrogen (secondary N) is 1. The highest BCUT2D eigenvalue weighted by atomic mass is 32.2. The van der Waals surface area contributed by atoms with E-state index in [-0.39, 0.29) is 18.7 Å². The number of nitro groups is 1. The van der Waals surface area contributed by atoms with E-state index in [0.29, 0.717) is 4.90 Å². The second kappa shape index (κ2) is 8.28. The van der Waals surface area contributed by atoms with Gasteiger partial charge in [0, 0.05) is 12.1 Å². The number of ether oxygens (including phenoxy) is 1. The summed E-state index contributed by atoms with van der Waals surface area (Å²) in [7, 11) is -1.68. The van der Waals surface area contributed by atoms with E-state index >= 15 is 0 Å². The molecular formula is C13H16N2O5S. The van der Waals surface area contributed by atoms with Gasteiger partial charge in [0.25, 0.3) is 5.69 Å². The molecule has 0 fully saturated rings. The number of hydrogen-bond donors (Lipinski definition) is 1. The summed E-state index contributed by atoms with van der Waals surface area (Å²) in [5.74, 6) is -0.521. The fraction of sp³-hybridized carbons (Fsp3) is 0.308. The molecule has 2 atom stereocenters. The number of carbonyl (C=O) groups is 1. The molecule has 0 amide bonds. The van der Waals surface area contributed by atoms with Gasteiger partial charge in [0.15, 0.2) is 0 Å². The molecule has 7 nitrogen and oxygen atoms in total. The number of hydrogen-bond acceptors (Lipinski definition) is 5. The van der Waals surface area contributed by atoms with Crippen molar-refractivity contribution >= 4 is 22.6 Å². The maximum Gasteiger partial charge on any atom is 0.324 e. The van der Waals surface area contributed by atoms with E-state index in [1.165, 1.54) is 30.3 Å². The van der Waals surface area contributed by atoms with Crippen LogP contribution < -0.4 is 4.72 Å². The maximum atomic E-state index is 12.1. The summed E-state index contributed by atoms with van der Waals surface area (Å²) in [4.78, 5) is 22.0. The molecule has 1 rings (SSSR count). The second-order valence-corrected chi connectivity index (χ2v) is 5.21. The molecule has 0 saturated carbocycles. The van der Waals surface area contributed by atoms with Crippen molar-refractivity contribution in [2.45, 2.75) is 24.3 Å². The summed E-state index contributed by atoms with van der Waals surface area (Å²) in [6.45, 7) is 5.43. The molecule has 0 aliphatic carbocycles. The van der Waals surface area contributed by atoms with E-state index in [1.807, 2.05) is 0 Å². The van der Waals surface area contributed by atoms with Gasteiger partial charge in [-0.05, 0) is 25.5 Å². The van der Waals surface area contributed by atoms with Crippen LogP contribution in [0.25, 0.3) is 0 Å². The van der Waals surface area contributed by atoms with Gasteiger partial charge < -0.3 is 4.74 Å². The smallest absolute Gasteiger partial charge is 0.324 e. The summed E-state index contributed by atoms with van der Waals surface area (Å²) >= 11 is 0. The molecule has 0 spiro atoms. The van der Waals surface area contributed by atoms with Gasteiger partial charge in [0.05, 0.1) is 16.4 Å². The zero-order valence-corrected chi connectivity index (χ0v) is 12.3. The van der Waals surface area contributed by atoms with Crippen molar-refractivity contribution in [1.29, 1.82) is 0 Å². The van der Waals surface area contributed by atoms with E-state index in [9.17, 15) is 19.1 Å². The first-order valence-corrected chi connectivity index (χ1v) is 7.34. The summed E-state index contributed by atoms with van der Waals surface area (Å²) in [6.07, 6.45) is 1.78. The Morgan fingerprint density at radius 3 is 2.62 bits per heavy atom. The molecule has 1 aromatic rings. The second-order valence-electron chi connectivity index (χ2n) is 3.97. The highest BCUT2D eigenvalue weighted by Gasteiger charge is 2.21. The lowest BCUT2D eigenvalue weighted by Gasteiger charge is -2.14. The fourth-order valence-corrected chi connectivity index (χ4v) is 2.46. The van der Waals surface area contributed by atoms with Crippen LogP contribution in [0.5, 0.6) is 0 Å². The van der Waals surface area contributed by atoms with E-state index < -0.39 is 27.9 Å². The molecule has 21 heavy (non-hydrogen) atoms. The van der Waals surface area contributed by atoms with Gasteiger partial charge in [0.1, 0.15) is 17.0 Å². The lowest BCUT2D eigenvalue weighted by molar-refractivity contribution is -0.384. The first kappa shape index (κ1) is 17.0. The first-order valence-electron chi connectivity index (χ1n) is 6.19. The molecule has 8 heteroatoms. The highest BCUT2D eigenvalue weighted by Crippen LogP contribution is 2.14. The van der Waals surface area contributed by atoms with Crippen LogP contribution >= 0.6 is 0 Å². The molecule has 0 bridgehead atoms. The minimum Gasteiger partial charge on any atom is -0.465 e. The fourth-order valence-electron chi connectivity index (χ4n) is 1.49. The van der Waals surface area contributed by atoms with Crippen molar-refractivity contribution in [3.63, 3.8) is 0 Å². The van der Waals surface area contributed by atoms with E-state index in [1.54, 1.807) is 6.92 Å². The SMILES string of the molecule is C=CC[C@H](NS(=O)c1ccc([N+](=O)[O-])cc1)C(=O)OCC. The topological polar surface area (TPSA) is 98.5 Å². The molecule has 0 aliphatic rings. The zero-order chi connectivity index (χ0) is 15.8. The molecule has 0 aliphatic heterocycles. The lowest BCUT2D eigenvalue weighted by Crippen LogP contribution is -2.38. The van der Waals surface area contributed by atoms with E-state index in [2.05, 4.69) is 11.3 Å². The van der Waals surface area contributed by atoms with E-state index in [0.717, 1.165) is 0 Å². The average molecular weight is 312 g/mol. The highest BCUT2D eigenvalue weighted by molar-refractivity contribution is 7.83. The Labute approximate surface area is 124 Å². The van der Waals surface area contributed by atoms with Crippen LogP contribution in [-0.2, 0) is 20.5 Å². The van der Waals surface area contributed by atoms with Crippen LogP contribution in [-0.4, -0.2) is 27.8 Å². The first-order chi connectivity index (χ1) is 9.99. The van der Waals surface area contributed by atoms with Gasteiger partial charge in [-0.15, -0.1) is 6.58 Å². The Balaban J connectivity index is 2.78. The Hall–Kier alpha value is -2.06. The molecule has 0 saturated heterocycles. The molecule has 114 valence electrons. The zero-order valence-electron chi connectivity index (χ0n) is 11.5.